The second-order valence-electron chi connectivity index (χ2n) is 3.97. The molecule has 1 aromatic rings. The number of nitrogens with one attached hydrogen (secondary N) is 1. The van der Waals surface area contributed by atoms with Gasteiger partial charge in [-0.1, -0.05) is 0 Å². The molecule has 1 unspecified atom stereocenters. The molecule has 0 amide bonds. The summed E-state index contributed by atoms with van der Waals surface area (Å²) in [5.74, 6) is 1.46. The van der Waals surface area contributed by atoms with Crippen molar-refractivity contribution in [2.24, 2.45) is 0 Å². The van der Waals surface area contributed by atoms with Crippen molar-refractivity contribution in [1.82, 2.24) is 4.72 Å². The highest BCUT2D eigenvalue weighted by Crippen LogP contribution is 2.23. The lowest BCUT2D eigenvalue weighted by molar-refractivity contribution is 0.167. The Labute approximate surface area is 102 Å². The lowest BCUT2D eigenvalue weighted by atomic mass is 10.1. The van der Waals surface area contributed by atoms with E-state index < -0.39 is 16.1 Å². The van der Waals surface area contributed by atoms with Gasteiger partial charge in [-0.2, -0.15) is 0 Å². The van der Waals surface area contributed by atoms with E-state index in [1.165, 1.54) is 0 Å². The number of rotatable bonds is 6. The first kappa shape index (κ1) is 14.2. The summed E-state index contributed by atoms with van der Waals surface area (Å²) in [6.07, 6.45) is -0.369. The van der Waals surface area contributed by atoms with Crippen LogP contribution in [-0.2, 0) is 10.0 Å². The van der Waals surface area contributed by atoms with Gasteiger partial charge in [-0.25, -0.2) is 13.1 Å². The summed E-state index contributed by atoms with van der Waals surface area (Å²) in [4.78, 5) is 0. The van der Waals surface area contributed by atoms with Gasteiger partial charge in [0.1, 0.15) is 11.5 Å². The number of aryl methyl sites for hydroxylation is 2. The molecule has 5 nitrogen and oxygen atoms in total. The number of hydrogen-bond acceptors (Lipinski definition) is 4. The molecule has 0 aromatic carbocycles. The Kier molecular flexibility index (Phi) is 4.73. The predicted molar refractivity (Wildman–Crippen MR) is 65.2 cm³/mol. The normalized spacial score (nSPS) is 13.9. The molecule has 2 N–H and O–H groups in total. The third-order valence-electron chi connectivity index (χ3n) is 2.56. The second kappa shape index (κ2) is 5.66. The van der Waals surface area contributed by atoms with Gasteiger partial charge in [0.2, 0.25) is 10.0 Å². The van der Waals surface area contributed by atoms with E-state index >= 15 is 0 Å². The zero-order valence-electron chi connectivity index (χ0n) is 10.4. The molecule has 1 aromatic heterocycles. The van der Waals surface area contributed by atoms with Crippen molar-refractivity contribution in [3.8, 4) is 0 Å². The van der Waals surface area contributed by atoms with E-state index in [-0.39, 0.29) is 12.3 Å². The molecule has 6 heteroatoms. The van der Waals surface area contributed by atoms with Gasteiger partial charge in [-0.05, 0) is 33.3 Å². The quantitative estimate of drug-likeness (QED) is 0.808. The first-order valence-electron chi connectivity index (χ1n) is 5.58. The third-order valence-corrected chi connectivity index (χ3v) is 3.96. The Balaban J connectivity index is 2.51. The fourth-order valence-electron chi connectivity index (χ4n) is 1.59. The molecule has 0 saturated carbocycles. The Morgan fingerprint density at radius 2 is 2.12 bits per heavy atom. The van der Waals surface area contributed by atoms with Crippen LogP contribution in [0.15, 0.2) is 10.5 Å². The van der Waals surface area contributed by atoms with Crippen LogP contribution in [0.5, 0.6) is 0 Å². The Morgan fingerprint density at radius 3 is 2.59 bits per heavy atom. The highest BCUT2D eigenvalue weighted by atomic mass is 32.2. The first-order valence-corrected chi connectivity index (χ1v) is 7.23. The molecule has 0 fully saturated rings. The van der Waals surface area contributed by atoms with Crippen molar-refractivity contribution >= 4 is 10.0 Å². The monoisotopic (exact) mass is 261 g/mol. The summed E-state index contributed by atoms with van der Waals surface area (Å²) in [7, 11) is -3.19. The van der Waals surface area contributed by atoms with Gasteiger partial charge >= 0.3 is 0 Å². The van der Waals surface area contributed by atoms with Crippen molar-refractivity contribution in [3.05, 3.63) is 23.2 Å². The number of furan rings is 1. The highest BCUT2D eigenvalue weighted by Gasteiger charge is 2.15. The number of sulfonamides is 1. The standard InChI is InChI=1S/C11H19NO4S/c1-4-17(14,15)12-6-5-11(13)10-7-8(2)16-9(10)3/h7,11-13H,4-6H2,1-3H3. The molecule has 1 rings (SSSR count). The summed E-state index contributed by atoms with van der Waals surface area (Å²) < 4.78 is 30.1. The van der Waals surface area contributed by atoms with Gasteiger partial charge in [0.15, 0.2) is 0 Å². The van der Waals surface area contributed by atoms with Gasteiger partial charge in [0, 0.05) is 12.1 Å². The molecular formula is C11H19NO4S. The van der Waals surface area contributed by atoms with Crippen LogP contribution in [0.25, 0.3) is 0 Å². The number of aliphatic hydroxyl groups excluding tert-OH is 1. The van der Waals surface area contributed by atoms with Crippen LogP contribution in [0.1, 0.15) is 36.5 Å². The van der Waals surface area contributed by atoms with Crippen molar-refractivity contribution < 1.29 is 17.9 Å². The average molecular weight is 261 g/mol. The molecule has 0 bridgehead atoms. The lowest BCUT2D eigenvalue weighted by Gasteiger charge is -2.10. The van der Waals surface area contributed by atoms with E-state index in [9.17, 15) is 13.5 Å². The molecule has 0 saturated heterocycles. The van der Waals surface area contributed by atoms with Gasteiger partial charge in [0.25, 0.3) is 0 Å². The fraction of sp³-hybridized carbons (Fsp3) is 0.636. The molecule has 17 heavy (non-hydrogen) atoms. The SMILES string of the molecule is CCS(=O)(=O)NCCC(O)c1cc(C)oc1C. The molecule has 0 radical (unpaired) electrons. The smallest absolute Gasteiger partial charge is 0.211 e. The van der Waals surface area contributed by atoms with E-state index in [0.29, 0.717) is 12.2 Å². The third kappa shape index (κ3) is 4.14. The highest BCUT2D eigenvalue weighted by molar-refractivity contribution is 7.89. The first-order chi connectivity index (χ1) is 7.85. The summed E-state index contributed by atoms with van der Waals surface area (Å²) in [6, 6.07) is 1.77. The molecule has 1 heterocycles. The molecule has 0 spiro atoms. The maximum atomic E-state index is 11.2. The Bertz CT molecular complexity index is 464. The van der Waals surface area contributed by atoms with Crippen LogP contribution in [0.4, 0.5) is 0 Å². The number of hydrogen-bond donors (Lipinski definition) is 2. The minimum Gasteiger partial charge on any atom is -0.466 e. The maximum absolute atomic E-state index is 11.2. The van der Waals surface area contributed by atoms with Crippen molar-refractivity contribution in [2.75, 3.05) is 12.3 Å². The Morgan fingerprint density at radius 1 is 1.47 bits per heavy atom. The zero-order valence-corrected chi connectivity index (χ0v) is 11.2. The lowest BCUT2D eigenvalue weighted by Crippen LogP contribution is -2.27. The van der Waals surface area contributed by atoms with Gasteiger partial charge < -0.3 is 9.52 Å². The summed E-state index contributed by atoms with van der Waals surface area (Å²) >= 11 is 0. The Hall–Kier alpha value is -0.850. The van der Waals surface area contributed by atoms with E-state index in [0.717, 1.165) is 11.3 Å². The van der Waals surface area contributed by atoms with E-state index in [1.54, 1.807) is 19.9 Å². The van der Waals surface area contributed by atoms with Gasteiger partial charge in [-0.3, -0.25) is 0 Å². The largest absolute Gasteiger partial charge is 0.466 e. The van der Waals surface area contributed by atoms with E-state index in [1.807, 2.05) is 6.92 Å². The maximum Gasteiger partial charge on any atom is 0.211 e. The topological polar surface area (TPSA) is 79.5 Å². The summed E-state index contributed by atoms with van der Waals surface area (Å²) in [5.41, 5.74) is 0.721. The van der Waals surface area contributed by atoms with E-state index in [2.05, 4.69) is 4.72 Å². The van der Waals surface area contributed by atoms with E-state index in [4.69, 9.17) is 4.42 Å². The second-order valence-corrected chi connectivity index (χ2v) is 6.07. The molecule has 98 valence electrons. The van der Waals surface area contributed by atoms with Crippen LogP contribution in [0, 0.1) is 13.8 Å². The predicted octanol–water partition coefficient (Wildman–Crippen LogP) is 1.26. The summed E-state index contributed by atoms with van der Waals surface area (Å²) in [5, 5.41) is 9.89. The molecule has 1 atom stereocenters. The fourth-order valence-corrected chi connectivity index (χ4v) is 2.22. The molecule has 0 aliphatic rings. The average Bonchev–Trinajstić information content (AvgIpc) is 2.57. The van der Waals surface area contributed by atoms with Crippen LogP contribution in [-0.4, -0.2) is 25.8 Å². The molecular weight excluding hydrogens is 242 g/mol. The van der Waals surface area contributed by atoms with Crippen molar-refractivity contribution in [2.45, 2.75) is 33.3 Å². The number of aliphatic hydroxyl groups is 1. The van der Waals surface area contributed by atoms with Crippen LogP contribution < -0.4 is 4.72 Å². The van der Waals surface area contributed by atoms with Gasteiger partial charge in [0.05, 0.1) is 11.9 Å². The molecule has 0 aliphatic heterocycles. The molecule has 0 aliphatic carbocycles. The zero-order chi connectivity index (χ0) is 13.1. The minimum absolute atomic E-state index is 0.0486. The minimum atomic E-state index is -3.19. The summed E-state index contributed by atoms with van der Waals surface area (Å²) in [6.45, 7) is 5.38. The van der Waals surface area contributed by atoms with Crippen LogP contribution in [0.3, 0.4) is 0 Å². The van der Waals surface area contributed by atoms with Crippen molar-refractivity contribution in [1.29, 1.82) is 0 Å². The van der Waals surface area contributed by atoms with Gasteiger partial charge in [-0.15, -0.1) is 0 Å². The van der Waals surface area contributed by atoms with Crippen LogP contribution >= 0.6 is 0 Å². The van der Waals surface area contributed by atoms with Crippen LogP contribution in [0.2, 0.25) is 0 Å². The van der Waals surface area contributed by atoms with Crippen molar-refractivity contribution in [3.63, 3.8) is 0 Å².